The van der Waals surface area contributed by atoms with Crippen LogP contribution in [0.25, 0.3) is 0 Å². The van der Waals surface area contributed by atoms with Crippen molar-refractivity contribution in [1.82, 2.24) is 0 Å². The fourth-order valence-electron chi connectivity index (χ4n) is 1.20. The summed E-state index contributed by atoms with van der Waals surface area (Å²) in [7, 11) is 0. The van der Waals surface area contributed by atoms with Gasteiger partial charge in [-0.1, -0.05) is 0 Å². The minimum atomic E-state index is -0.306. The second-order valence-corrected chi connectivity index (χ2v) is 5.25. The number of halogens is 2. The second kappa shape index (κ2) is 3.55. The molecule has 0 fully saturated rings. The van der Waals surface area contributed by atoms with Gasteiger partial charge in [-0.3, -0.25) is 4.79 Å². The Labute approximate surface area is 93.4 Å². The Morgan fingerprint density at radius 2 is 2.29 bits per heavy atom. The molecule has 0 aliphatic carbocycles. The maximum absolute atomic E-state index is 13.2. The molecule has 0 saturated carbocycles. The van der Waals surface area contributed by atoms with E-state index in [1.54, 1.807) is 13.0 Å². The van der Waals surface area contributed by atoms with Crippen molar-refractivity contribution in [3.63, 3.8) is 0 Å². The molecule has 0 saturated heterocycles. The van der Waals surface area contributed by atoms with Gasteiger partial charge in [0.2, 0.25) is 5.91 Å². The van der Waals surface area contributed by atoms with Gasteiger partial charge in [0.05, 0.1) is 15.4 Å². The van der Waals surface area contributed by atoms with Gasteiger partial charge in [-0.15, -0.1) is 11.8 Å². The predicted octanol–water partition coefficient (Wildman–Crippen LogP) is 3.02. The minimum absolute atomic E-state index is 0.0407. The Morgan fingerprint density at radius 1 is 1.57 bits per heavy atom. The third-order valence-corrected chi connectivity index (χ3v) is 3.72. The fourth-order valence-corrected chi connectivity index (χ4v) is 2.50. The number of fused-ring (bicyclic) bond motifs is 1. The van der Waals surface area contributed by atoms with E-state index in [1.807, 2.05) is 0 Å². The maximum atomic E-state index is 13.2. The summed E-state index contributed by atoms with van der Waals surface area (Å²) in [6, 6.07) is 3.02. The van der Waals surface area contributed by atoms with Gasteiger partial charge >= 0.3 is 0 Å². The maximum Gasteiger partial charge on any atom is 0.237 e. The minimum Gasteiger partial charge on any atom is -0.324 e. The molecule has 0 aromatic heterocycles. The van der Waals surface area contributed by atoms with Crippen LogP contribution >= 0.6 is 27.7 Å². The van der Waals surface area contributed by atoms with E-state index < -0.39 is 0 Å². The monoisotopic (exact) mass is 275 g/mol. The van der Waals surface area contributed by atoms with Gasteiger partial charge in [0.15, 0.2) is 0 Å². The second-order valence-electron chi connectivity index (χ2n) is 3.01. The highest BCUT2D eigenvalue weighted by molar-refractivity contribution is 9.10. The Balaban J connectivity index is 2.47. The molecule has 1 amide bonds. The lowest BCUT2D eigenvalue weighted by atomic mass is 10.3. The zero-order valence-electron chi connectivity index (χ0n) is 7.30. The molecular formula is C9H7BrFNOS. The molecule has 0 bridgehead atoms. The topological polar surface area (TPSA) is 29.1 Å². The van der Waals surface area contributed by atoms with Crippen molar-refractivity contribution in [2.75, 3.05) is 5.32 Å². The lowest BCUT2D eigenvalue weighted by molar-refractivity contribution is -0.115. The van der Waals surface area contributed by atoms with E-state index >= 15 is 0 Å². The van der Waals surface area contributed by atoms with Crippen LogP contribution in [0.5, 0.6) is 0 Å². The molecule has 2 nitrogen and oxygen atoms in total. The Kier molecular flexibility index (Phi) is 2.53. The van der Waals surface area contributed by atoms with Crippen molar-refractivity contribution in [2.24, 2.45) is 0 Å². The van der Waals surface area contributed by atoms with Gasteiger partial charge < -0.3 is 5.32 Å². The summed E-state index contributed by atoms with van der Waals surface area (Å²) in [5.74, 6) is -0.347. The molecule has 1 unspecified atom stereocenters. The van der Waals surface area contributed by atoms with Gasteiger partial charge in [-0.2, -0.15) is 0 Å². The number of hydrogen-bond acceptors (Lipinski definition) is 2. The molecule has 74 valence electrons. The fraction of sp³-hybridized carbons (Fsp3) is 0.222. The van der Waals surface area contributed by atoms with Crippen LogP contribution in [0.2, 0.25) is 0 Å². The molecule has 1 aromatic carbocycles. The molecule has 1 aliphatic rings. The van der Waals surface area contributed by atoms with E-state index in [9.17, 15) is 9.18 Å². The Hall–Kier alpha value is -0.550. The average molecular weight is 276 g/mol. The van der Waals surface area contributed by atoms with E-state index in [2.05, 4.69) is 21.2 Å². The van der Waals surface area contributed by atoms with Gasteiger partial charge in [-0.05, 0) is 35.0 Å². The molecule has 1 aromatic rings. The normalized spacial score (nSPS) is 20.2. The quantitative estimate of drug-likeness (QED) is 0.789. The summed E-state index contributed by atoms with van der Waals surface area (Å²) in [6.07, 6.45) is 0. The summed E-state index contributed by atoms with van der Waals surface area (Å²) in [5.41, 5.74) is 0.673. The van der Waals surface area contributed by atoms with Crippen molar-refractivity contribution in [1.29, 1.82) is 0 Å². The third kappa shape index (κ3) is 1.66. The van der Waals surface area contributed by atoms with Crippen LogP contribution in [0, 0.1) is 5.82 Å². The lowest BCUT2D eigenvalue weighted by Gasteiger charge is -2.21. The van der Waals surface area contributed by atoms with Crippen molar-refractivity contribution in [3.05, 3.63) is 22.4 Å². The van der Waals surface area contributed by atoms with Gasteiger partial charge in [-0.25, -0.2) is 4.39 Å². The Morgan fingerprint density at radius 3 is 3.00 bits per heavy atom. The highest BCUT2D eigenvalue weighted by Crippen LogP contribution is 2.38. The van der Waals surface area contributed by atoms with Crippen LogP contribution in [-0.4, -0.2) is 11.2 Å². The van der Waals surface area contributed by atoms with Crippen molar-refractivity contribution in [2.45, 2.75) is 17.1 Å². The molecule has 0 radical (unpaired) electrons. The molecule has 14 heavy (non-hydrogen) atoms. The standard InChI is InChI=1S/C9H7BrFNOS/c1-4-9(13)12-7-2-5(10)6(11)3-8(7)14-4/h2-4H,1H3,(H,12,13). The average Bonchev–Trinajstić information content (AvgIpc) is 2.11. The highest BCUT2D eigenvalue weighted by Gasteiger charge is 2.23. The predicted molar refractivity (Wildman–Crippen MR) is 58.0 cm³/mol. The molecule has 2 rings (SSSR count). The van der Waals surface area contributed by atoms with E-state index in [-0.39, 0.29) is 17.0 Å². The number of benzene rings is 1. The number of anilines is 1. The first-order chi connectivity index (χ1) is 6.58. The lowest BCUT2D eigenvalue weighted by Crippen LogP contribution is -2.26. The molecule has 1 heterocycles. The van der Waals surface area contributed by atoms with E-state index in [0.717, 1.165) is 4.90 Å². The summed E-state index contributed by atoms with van der Waals surface area (Å²) >= 11 is 4.44. The number of carbonyl (C=O) groups excluding carboxylic acids is 1. The third-order valence-electron chi connectivity index (χ3n) is 1.95. The van der Waals surface area contributed by atoms with Crippen molar-refractivity contribution < 1.29 is 9.18 Å². The van der Waals surface area contributed by atoms with E-state index in [0.29, 0.717) is 10.2 Å². The summed E-state index contributed by atoms with van der Waals surface area (Å²) in [6.45, 7) is 1.79. The largest absolute Gasteiger partial charge is 0.324 e. The zero-order valence-corrected chi connectivity index (χ0v) is 9.71. The van der Waals surface area contributed by atoms with Crippen LogP contribution in [0.15, 0.2) is 21.5 Å². The van der Waals surface area contributed by atoms with Gasteiger partial charge in [0.1, 0.15) is 5.82 Å². The molecule has 5 heteroatoms. The SMILES string of the molecule is CC1Sc2cc(F)c(Br)cc2NC1=O. The number of thioether (sulfide) groups is 1. The first-order valence-electron chi connectivity index (χ1n) is 4.04. The van der Waals surface area contributed by atoms with Crippen LogP contribution in [0.1, 0.15) is 6.92 Å². The number of hydrogen-bond donors (Lipinski definition) is 1. The summed E-state index contributed by atoms with van der Waals surface area (Å²) in [5, 5.41) is 2.56. The Bertz CT molecular complexity index is 410. The van der Waals surface area contributed by atoms with Crippen LogP contribution in [0.4, 0.5) is 10.1 Å². The molecular weight excluding hydrogens is 269 g/mol. The van der Waals surface area contributed by atoms with E-state index in [1.165, 1.54) is 17.8 Å². The summed E-state index contributed by atoms with van der Waals surface area (Å²) < 4.78 is 13.5. The van der Waals surface area contributed by atoms with Crippen LogP contribution < -0.4 is 5.32 Å². The highest BCUT2D eigenvalue weighted by atomic mass is 79.9. The van der Waals surface area contributed by atoms with Gasteiger partial charge in [0.25, 0.3) is 0 Å². The molecule has 0 spiro atoms. The van der Waals surface area contributed by atoms with Crippen molar-refractivity contribution >= 4 is 39.3 Å². The number of nitrogens with one attached hydrogen (secondary N) is 1. The van der Waals surface area contributed by atoms with E-state index in [4.69, 9.17) is 0 Å². The number of carbonyl (C=O) groups is 1. The zero-order chi connectivity index (χ0) is 10.3. The summed E-state index contributed by atoms with van der Waals surface area (Å²) in [4.78, 5) is 12.1. The first-order valence-corrected chi connectivity index (χ1v) is 5.72. The van der Waals surface area contributed by atoms with Crippen LogP contribution in [-0.2, 0) is 4.79 Å². The molecule has 1 aliphatic heterocycles. The number of amides is 1. The van der Waals surface area contributed by atoms with Crippen LogP contribution in [0.3, 0.4) is 0 Å². The molecule has 1 atom stereocenters. The van der Waals surface area contributed by atoms with Gasteiger partial charge in [0, 0.05) is 4.90 Å². The van der Waals surface area contributed by atoms with Crippen molar-refractivity contribution in [3.8, 4) is 0 Å². The first kappa shape index (κ1) is 9.98. The smallest absolute Gasteiger partial charge is 0.237 e. The molecule has 1 N–H and O–H groups in total. The number of rotatable bonds is 0.